The van der Waals surface area contributed by atoms with Crippen LogP contribution in [0.15, 0.2) is 48.5 Å². The number of fused-ring (bicyclic) bond motifs is 2. The van der Waals surface area contributed by atoms with Crippen molar-refractivity contribution in [3.63, 3.8) is 0 Å². The van der Waals surface area contributed by atoms with Crippen LogP contribution in [0.4, 0.5) is 0 Å². The van der Waals surface area contributed by atoms with Crippen LogP contribution in [0.3, 0.4) is 0 Å². The molecular weight excluding hydrogens is 386 g/mol. The first-order chi connectivity index (χ1) is 14.1. The van der Waals surface area contributed by atoms with E-state index in [2.05, 4.69) is 10.3 Å². The highest BCUT2D eigenvalue weighted by Gasteiger charge is 2.32. The topological polar surface area (TPSA) is 94.1 Å². The van der Waals surface area contributed by atoms with Gasteiger partial charge in [-0.05, 0) is 35.6 Å². The van der Waals surface area contributed by atoms with E-state index in [0.29, 0.717) is 18.0 Å². The number of amides is 2. The minimum Gasteiger partial charge on any atom is -0.365 e. The highest BCUT2D eigenvalue weighted by Crippen LogP contribution is 2.39. The monoisotopic (exact) mass is 405 g/mol. The number of thiophene rings is 1. The van der Waals surface area contributed by atoms with Gasteiger partial charge >= 0.3 is 0 Å². The molecule has 0 bridgehead atoms. The third-order valence-corrected chi connectivity index (χ3v) is 6.71. The van der Waals surface area contributed by atoms with E-state index < -0.39 is 5.91 Å². The van der Waals surface area contributed by atoms with Gasteiger partial charge in [0.1, 0.15) is 12.1 Å². The Morgan fingerprint density at radius 3 is 2.79 bits per heavy atom. The maximum Gasteiger partial charge on any atom is 0.259 e. The number of nitrogens with two attached hydrogens (primary N) is 1. The SMILES string of the molecule is NC(=O)c1sc2ccccc2c1[C@H]1CCN(C(=O)Cn2nnc3ccccc32)C1. The van der Waals surface area contributed by atoms with E-state index in [4.69, 9.17) is 5.73 Å². The number of hydrogen-bond donors (Lipinski definition) is 1. The molecule has 0 unspecified atom stereocenters. The van der Waals surface area contributed by atoms with Gasteiger partial charge in [0.25, 0.3) is 5.91 Å². The maximum atomic E-state index is 12.9. The van der Waals surface area contributed by atoms with Crippen LogP contribution < -0.4 is 5.73 Å². The standard InChI is InChI=1S/C21H19N5O2S/c22-21(28)20-19(14-5-1-4-8-17(14)29-20)13-9-10-25(11-13)18(27)12-26-16-7-3-2-6-15(16)23-24-26/h1-8,13H,9-12H2,(H2,22,28)/t13-/m0/s1. The lowest BCUT2D eigenvalue weighted by molar-refractivity contribution is -0.130. The van der Waals surface area contributed by atoms with Crippen molar-refractivity contribution < 1.29 is 9.59 Å². The lowest BCUT2D eigenvalue weighted by Crippen LogP contribution is -2.32. The molecule has 0 spiro atoms. The predicted molar refractivity (Wildman–Crippen MR) is 112 cm³/mol. The van der Waals surface area contributed by atoms with Gasteiger partial charge in [0.05, 0.1) is 10.4 Å². The molecule has 2 aromatic heterocycles. The van der Waals surface area contributed by atoms with Gasteiger partial charge in [-0.25, -0.2) is 4.68 Å². The van der Waals surface area contributed by atoms with Crippen molar-refractivity contribution in [1.29, 1.82) is 0 Å². The number of nitrogens with zero attached hydrogens (tertiary/aromatic N) is 4. The summed E-state index contributed by atoms with van der Waals surface area (Å²) in [5, 5.41) is 9.29. The van der Waals surface area contributed by atoms with Crippen LogP contribution in [-0.4, -0.2) is 44.8 Å². The molecule has 1 aliphatic heterocycles. The average Bonchev–Trinajstić information content (AvgIpc) is 3.44. The van der Waals surface area contributed by atoms with Gasteiger partial charge in [-0.15, -0.1) is 16.4 Å². The molecule has 3 heterocycles. The molecule has 1 atom stereocenters. The van der Waals surface area contributed by atoms with Crippen molar-refractivity contribution in [3.05, 3.63) is 59.0 Å². The van der Waals surface area contributed by atoms with Gasteiger partial charge in [0, 0.05) is 23.7 Å². The van der Waals surface area contributed by atoms with Crippen LogP contribution in [0.1, 0.15) is 27.6 Å². The summed E-state index contributed by atoms with van der Waals surface area (Å²) in [6.07, 6.45) is 0.810. The van der Waals surface area contributed by atoms with E-state index in [9.17, 15) is 9.59 Å². The fourth-order valence-electron chi connectivity index (χ4n) is 4.14. The van der Waals surface area contributed by atoms with Crippen molar-refractivity contribution in [2.24, 2.45) is 5.73 Å². The second-order valence-electron chi connectivity index (χ2n) is 7.27. The Balaban J connectivity index is 1.39. The first-order valence-corrected chi connectivity index (χ1v) is 10.3. The van der Waals surface area contributed by atoms with Crippen LogP contribution in [0.2, 0.25) is 0 Å². The summed E-state index contributed by atoms with van der Waals surface area (Å²) in [5.74, 6) is -0.298. The van der Waals surface area contributed by atoms with Gasteiger partial charge in [-0.1, -0.05) is 35.5 Å². The minimum atomic E-state index is -0.403. The second kappa shape index (κ2) is 6.97. The molecule has 2 amide bonds. The van der Waals surface area contributed by atoms with Gasteiger partial charge in [-0.2, -0.15) is 0 Å². The predicted octanol–water partition coefficient (Wildman–Crippen LogP) is 2.76. The molecule has 0 radical (unpaired) electrons. The number of carbonyl (C=O) groups excluding carboxylic acids is 2. The fraction of sp³-hybridized carbons (Fsp3) is 0.238. The molecule has 146 valence electrons. The molecule has 1 aliphatic rings. The Bertz CT molecular complexity index is 1240. The lowest BCUT2D eigenvalue weighted by atomic mass is 9.95. The molecule has 4 aromatic rings. The summed E-state index contributed by atoms with van der Waals surface area (Å²) in [4.78, 5) is 27.4. The van der Waals surface area contributed by atoms with E-state index in [-0.39, 0.29) is 18.4 Å². The van der Waals surface area contributed by atoms with Crippen LogP contribution in [0.25, 0.3) is 21.1 Å². The summed E-state index contributed by atoms with van der Waals surface area (Å²) < 4.78 is 2.69. The van der Waals surface area contributed by atoms with Crippen molar-refractivity contribution in [2.75, 3.05) is 13.1 Å². The highest BCUT2D eigenvalue weighted by molar-refractivity contribution is 7.21. The van der Waals surface area contributed by atoms with Crippen molar-refractivity contribution in [3.8, 4) is 0 Å². The van der Waals surface area contributed by atoms with Crippen LogP contribution in [0.5, 0.6) is 0 Å². The van der Waals surface area contributed by atoms with Crippen molar-refractivity contribution >= 4 is 44.3 Å². The number of likely N-dealkylation sites (tertiary alicyclic amines) is 1. The second-order valence-corrected chi connectivity index (χ2v) is 8.32. The molecule has 8 heteroatoms. The summed E-state index contributed by atoms with van der Waals surface area (Å²) in [6.45, 7) is 1.38. The Morgan fingerprint density at radius 2 is 1.93 bits per heavy atom. The lowest BCUT2D eigenvalue weighted by Gasteiger charge is -2.17. The maximum absolute atomic E-state index is 12.9. The fourth-order valence-corrected chi connectivity index (χ4v) is 5.28. The summed E-state index contributed by atoms with van der Waals surface area (Å²) in [5.41, 5.74) is 8.26. The Morgan fingerprint density at radius 1 is 1.14 bits per heavy atom. The molecule has 0 saturated carbocycles. The summed E-state index contributed by atoms with van der Waals surface area (Å²) >= 11 is 1.43. The van der Waals surface area contributed by atoms with Gasteiger partial charge in [0.15, 0.2) is 0 Å². The van der Waals surface area contributed by atoms with E-state index in [1.165, 1.54) is 11.3 Å². The van der Waals surface area contributed by atoms with E-state index in [0.717, 1.165) is 33.1 Å². The molecule has 2 aromatic carbocycles. The third kappa shape index (κ3) is 3.05. The molecule has 5 rings (SSSR count). The first-order valence-electron chi connectivity index (χ1n) is 9.49. The highest BCUT2D eigenvalue weighted by atomic mass is 32.1. The van der Waals surface area contributed by atoms with E-state index >= 15 is 0 Å². The zero-order valence-corrected chi connectivity index (χ0v) is 16.4. The molecule has 29 heavy (non-hydrogen) atoms. The van der Waals surface area contributed by atoms with Gasteiger partial charge in [-0.3, -0.25) is 9.59 Å². The normalized spacial score (nSPS) is 16.7. The molecular formula is C21H19N5O2S. The minimum absolute atomic E-state index is 0.00307. The quantitative estimate of drug-likeness (QED) is 0.565. The molecule has 1 fully saturated rings. The zero-order chi connectivity index (χ0) is 20.0. The number of para-hydroxylation sites is 1. The number of carbonyl (C=O) groups is 2. The number of hydrogen-bond acceptors (Lipinski definition) is 5. The Labute approximate surface area is 170 Å². The third-order valence-electron chi connectivity index (χ3n) is 5.51. The average molecular weight is 405 g/mol. The zero-order valence-electron chi connectivity index (χ0n) is 15.6. The smallest absolute Gasteiger partial charge is 0.259 e. The molecule has 7 nitrogen and oxygen atoms in total. The van der Waals surface area contributed by atoms with Gasteiger partial charge in [0.2, 0.25) is 5.91 Å². The van der Waals surface area contributed by atoms with E-state index in [1.54, 1.807) is 4.68 Å². The number of rotatable bonds is 4. The Kier molecular flexibility index (Phi) is 4.28. The summed E-state index contributed by atoms with van der Waals surface area (Å²) in [7, 11) is 0. The van der Waals surface area contributed by atoms with Gasteiger partial charge < -0.3 is 10.6 Å². The van der Waals surface area contributed by atoms with Crippen molar-refractivity contribution in [1.82, 2.24) is 19.9 Å². The largest absolute Gasteiger partial charge is 0.365 e. The first kappa shape index (κ1) is 17.8. The van der Waals surface area contributed by atoms with Crippen LogP contribution in [0, 0.1) is 0 Å². The molecule has 2 N–H and O–H groups in total. The van der Waals surface area contributed by atoms with Crippen LogP contribution in [-0.2, 0) is 11.3 Å². The summed E-state index contributed by atoms with van der Waals surface area (Å²) in [6, 6.07) is 15.6. The van der Waals surface area contributed by atoms with E-state index in [1.807, 2.05) is 53.4 Å². The Hall–Kier alpha value is -3.26. The van der Waals surface area contributed by atoms with Crippen LogP contribution >= 0.6 is 11.3 Å². The number of aromatic nitrogens is 3. The number of primary amides is 1. The number of benzene rings is 2. The molecule has 1 saturated heterocycles. The molecule has 0 aliphatic carbocycles. The van der Waals surface area contributed by atoms with Crippen molar-refractivity contribution in [2.45, 2.75) is 18.9 Å².